The molecule has 1 aliphatic heterocycles. The average Bonchev–Trinajstić information content (AvgIpc) is 2.69. The first-order valence-electron chi connectivity index (χ1n) is 8.99. The number of hydrogen-bond acceptors (Lipinski definition) is 4. The molecule has 5 nitrogen and oxygen atoms in total. The second-order valence-corrected chi connectivity index (χ2v) is 6.56. The molecule has 2 aromatic carbocycles. The fourth-order valence-corrected chi connectivity index (χ4v) is 3.08. The SMILES string of the molecule is COc1ccc(C(C)NC(=O)c2cccc(CN3CCOCC3)c2)cc1. The summed E-state index contributed by atoms with van der Waals surface area (Å²) in [4.78, 5) is 15.0. The van der Waals surface area contributed by atoms with Gasteiger partial charge in [0.25, 0.3) is 5.91 Å². The number of ether oxygens (including phenoxy) is 2. The van der Waals surface area contributed by atoms with Crippen LogP contribution in [0.2, 0.25) is 0 Å². The lowest BCUT2D eigenvalue weighted by Crippen LogP contribution is -2.35. The van der Waals surface area contributed by atoms with Crippen molar-refractivity contribution in [2.45, 2.75) is 19.5 Å². The van der Waals surface area contributed by atoms with Gasteiger partial charge in [0, 0.05) is 25.2 Å². The van der Waals surface area contributed by atoms with Crippen LogP contribution in [-0.2, 0) is 11.3 Å². The van der Waals surface area contributed by atoms with E-state index in [0.717, 1.165) is 49.7 Å². The predicted octanol–water partition coefficient (Wildman–Crippen LogP) is 3.02. The molecule has 1 unspecified atom stereocenters. The highest BCUT2D eigenvalue weighted by atomic mass is 16.5. The molecule has 1 N–H and O–H groups in total. The maximum atomic E-state index is 12.6. The molecular formula is C21H26N2O3. The molecule has 5 heteroatoms. The van der Waals surface area contributed by atoms with Crippen LogP contribution < -0.4 is 10.1 Å². The van der Waals surface area contributed by atoms with E-state index in [1.165, 1.54) is 0 Å². The minimum Gasteiger partial charge on any atom is -0.497 e. The lowest BCUT2D eigenvalue weighted by molar-refractivity contribution is 0.0342. The van der Waals surface area contributed by atoms with E-state index in [-0.39, 0.29) is 11.9 Å². The number of nitrogens with one attached hydrogen (secondary N) is 1. The summed E-state index contributed by atoms with van der Waals surface area (Å²) in [6.07, 6.45) is 0. The van der Waals surface area contributed by atoms with Gasteiger partial charge in [-0.25, -0.2) is 0 Å². The van der Waals surface area contributed by atoms with Gasteiger partial charge in [0.05, 0.1) is 26.4 Å². The smallest absolute Gasteiger partial charge is 0.251 e. The third kappa shape index (κ3) is 4.84. The highest BCUT2D eigenvalue weighted by Crippen LogP contribution is 2.18. The van der Waals surface area contributed by atoms with Crippen molar-refractivity contribution in [2.75, 3.05) is 33.4 Å². The molecule has 0 aliphatic carbocycles. The highest BCUT2D eigenvalue weighted by molar-refractivity contribution is 5.94. The third-order valence-electron chi connectivity index (χ3n) is 4.66. The van der Waals surface area contributed by atoms with Crippen molar-refractivity contribution in [1.29, 1.82) is 0 Å². The number of benzene rings is 2. The van der Waals surface area contributed by atoms with Crippen LogP contribution in [0.4, 0.5) is 0 Å². The topological polar surface area (TPSA) is 50.8 Å². The van der Waals surface area contributed by atoms with Gasteiger partial charge in [-0.15, -0.1) is 0 Å². The average molecular weight is 354 g/mol. The van der Waals surface area contributed by atoms with Gasteiger partial charge < -0.3 is 14.8 Å². The fourth-order valence-electron chi connectivity index (χ4n) is 3.08. The predicted molar refractivity (Wildman–Crippen MR) is 101 cm³/mol. The molecule has 1 amide bonds. The Kier molecular flexibility index (Phi) is 6.26. The summed E-state index contributed by atoms with van der Waals surface area (Å²) in [5.41, 5.74) is 2.89. The minimum atomic E-state index is -0.0729. The summed E-state index contributed by atoms with van der Waals surface area (Å²) in [5, 5.41) is 3.07. The van der Waals surface area contributed by atoms with Crippen LogP contribution in [0.25, 0.3) is 0 Å². The van der Waals surface area contributed by atoms with E-state index in [1.54, 1.807) is 7.11 Å². The van der Waals surface area contributed by atoms with Crippen molar-refractivity contribution in [1.82, 2.24) is 10.2 Å². The van der Waals surface area contributed by atoms with Gasteiger partial charge in [0.15, 0.2) is 0 Å². The summed E-state index contributed by atoms with van der Waals surface area (Å²) < 4.78 is 10.6. The third-order valence-corrected chi connectivity index (χ3v) is 4.66. The van der Waals surface area contributed by atoms with Gasteiger partial charge in [-0.1, -0.05) is 24.3 Å². The van der Waals surface area contributed by atoms with E-state index in [2.05, 4.69) is 16.3 Å². The fraction of sp³-hybridized carbons (Fsp3) is 0.381. The van der Waals surface area contributed by atoms with E-state index in [0.29, 0.717) is 5.56 Å². The molecule has 138 valence electrons. The van der Waals surface area contributed by atoms with Crippen molar-refractivity contribution in [3.8, 4) is 5.75 Å². The van der Waals surface area contributed by atoms with E-state index in [9.17, 15) is 4.79 Å². The molecule has 0 saturated carbocycles. The summed E-state index contributed by atoms with van der Waals surface area (Å²) >= 11 is 0. The second-order valence-electron chi connectivity index (χ2n) is 6.56. The van der Waals surface area contributed by atoms with E-state index >= 15 is 0 Å². The van der Waals surface area contributed by atoms with Crippen LogP contribution in [-0.4, -0.2) is 44.2 Å². The van der Waals surface area contributed by atoms with Crippen LogP contribution in [0.3, 0.4) is 0 Å². The van der Waals surface area contributed by atoms with Gasteiger partial charge in [0.1, 0.15) is 5.75 Å². The van der Waals surface area contributed by atoms with Crippen LogP contribution in [0.15, 0.2) is 48.5 Å². The summed E-state index contributed by atoms with van der Waals surface area (Å²) in [7, 11) is 1.64. The van der Waals surface area contributed by atoms with E-state index < -0.39 is 0 Å². The van der Waals surface area contributed by atoms with Gasteiger partial charge in [-0.2, -0.15) is 0 Å². The normalized spacial score (nSPS) is 16.1. The van der Waals surface area contributed by atoms with Gasteiger partial charge in [-0.05, 0) is 42.3 Å². The number of methoxy groups -OCH3 is 1. The Hall–Kier alpha value is -2.37. The molecule has 1 atom stereocenters. The number of amides is 1. The van der Waals surface area contributed by atoms with Crippen LogP contribution in [0, 0.1) is 0 Å². The minimum absolute atomic E-state index is 0.0582. The van der Waals surface area contributed by atoms with Crippen LogP contribution in [0.1, 0.15) is 34.5 Å². The molecule has 0 radical (unpaired) electrons. The molecule has 0 aromatic heterocycles. The zero-order valence-electron chi connectivity index (χ0n) is 15.4. The van der Waals surface area contributed by atoms with Crippen LogP contribution >= 0.6 is 0 Å². The molecule has 1 saturated heterocycles. The Morgan fingerprint density at radius 3 is 2.62 bits per heavy atom. The molecule has 1 heterocycles. The molecule has 1 aliphatic rings. The number of carbonyl (C=O) groups excluding carboxylic acids is 1. The second kappa shape index (κ2) is 8.83. The van der Waals surface area contributed by atoms with E-state index in [4.69, 9.17) is 9.47 Å². The van der Waals surface area contributed by atoms with Crippen molar-refractivity contribution < 1.29 is 14.3 Å². The lowest BCUT2D eigenvalue weighted by Gasteiger charge is -2.26. The monoisotopic (exact) mass is 354 g/mol. The molecule has 1 fully saturated rings. The van der Waals surface area contributed by atoms with Crippen molar-refractivity contribution in [3.63, 3.8) is 0 Å². The van der Waals surface area contributed by atoms with Gasteiger partial charge in [0.2, 0.25) is 0 Å². The van der Waals surface area contributed by atoms with Crippen molar-refractivity contribution >= 4 is 5.91 Å². The van der Waals surface area contributed by atoms with Crippen LogP contribution in [0.5, 0.6) is 5.75 Å². The molecule has 0 spiro atoms. The lowest BCUT2D eigenvalue weighted by atomic mass is 10.1. The molecule has 3 rings (SSSR count). The van der Waals surface area contributed by atoms with Gasteiger partial charge in [-0.3, -0.25) is 9.69 Å². The Balaban J connectivity index is 1.62. The highest BCUT2D eigenvalue weighted by Gasteiger charge is 2.14. The Bertz CT molecular complexity index is 724. The Labute approximate surface area is 154 Å². The molecular weight excluding hydrogens is 328 g/mol. The number of rotatable bonds is 6. The Morgan fingerprint density at radius 1 is 1.19 bits per heavy atom. The van der Waals surface area contributed by atoms with Crippen molar-refractivity contribution in [2.24, 2.45) is 0 Å². The molecule has 0 bridgehead atoms. The molecule has 26 heavy (non-hydrogen) atoms. The van der Waals surface area contributed by atoms with E-state index in [1.807, 2.05) is 49.4 Å². The number of hydrogen-bond donors (Lipinski definition) is 1. The first-order chi connectivity index (χ1) is 12.7. The quantitative estimate of drug-likeness (QED) is 0.866. The summed E-state index contributed by atoms with van der Waals surface area (Å²) in [6.45, 7) is 6.25. The number of carbonyl (C=O) groups is 1. The number of morpholine rings is 1. The zero-order chi connectivity index (χ0) is 18.4. The standard InChI is InChI=1S/C21H26N2O3/c1-16(18-6-8-20(25-2)9-7-18)22-21(24)19-5-3-4-17(14-19)15-23-10-12-26-13-11-23/h3-9,14,16H,10-13,15H2,1-2H3,(H,22,24). The van der Waals surface area contributed by atoms with Gasteiger partial charge >= 0.3 is 0 Å². The molecule has 2 aromatic rings. The summed E-state index contributed by atoms with van der Waals surface area (Å²) in [5.74, 6) is 0.750. The first kappa shape index (κ1) is 18.4. The maximum Gasteiger partial charge on any atom is 0.251 e. The Morgan fingerprint density at radius 2 is 1.92 bits per heavy atom. The zero-order valence-corrected chi connectivity index (χ0v) is 15.4. The number of nitrogens with zero attached hydrogens (tertiary/aromatic N) is 1. The first-order valence-corrected chi connectivity index (χ1v) is 8.99. The summed E-state index contributed by atoms with van der Waals surface area (Å²) in [6, 6.07) is 15.5. The largest absolute Gasteiger partial charge is 0.497 e. The van der Waals surface area contributed by atoms with Crippen molar-refractivity contribution in [3.05, 3.63) is 65.2 Å². The maximum absolute atomic E-state index is 12.6.